The molecule has 10 N–H and O–H groups in total. The fraction of sp³-hybridized carbons (Fsp3) is 0.364. The summed E-state index contributed by atoms with van der Waals surface area (Å²) < 4.78 is 1.44. The van der Waals surface area contributed by atoms with Gasteiger partial charge in [-0.15, -0.1) is 0 Å². The van der Waals surface area contributed by atoms with E-state index in [0.717, 1.165) is 8.95 Å². The summed E-state index contributed by atoms with van der Waals surface area (Å²) in [7, 11) is 0. The van der Waals surface area contributed by atoms with Gasteiger partial charge in [0.1, 0.15) is 23.5 Å². The van der Waals surface area contributed by atoms with Crippen LogP contribution in [0.2, 0.25) is 0 Å². The Hall–Kier alpha value is -3.66. The average Bonchev–Trinajstić information content (AvgIpc) is 3.62. The molecule has 2 aromatic rings. The number of nitrogens with two attached hydrogens (primary N) is 2. The third kappa shape index (κ3) is 4.92. The standard InChI is InChI=1S/C22H24Br2N10O4/c23-7-1-11(27-3-7)17(35)29-5-9-10(6-30-18(36)12-2-8(24)4-28-12)14(16-20(38)34-22(26)32-16)13(9)15-19(37)33-21(25)31-15/h1-4,9-10,13-16,27-28H,5-6H2,(H,29,35)(H,30,36)(H3,25,31,33,37)(H3,26,32,34,38)/t9-,10-,13+,14+,15?,16?/m0/s1. The first kappa shape index (κ1) is 26.0. The number of halogens is 2. The summed E-state index contributed by atoms with van der Waals surface area (Å²) in [5.41, 5.74) is 12.2. The minimum atomic E-state index is -0.891. The molecule has 2 aromatic heterocycles. The highest BCUT2D eigenvalue weighted by molar-refractivity contribution is 9.10. The molecule has 0 spiro atoms. The fourth-order valence-electron chi connectivity index (χ4n) is 5.47. The summed E-state index contributed by atoms with van der Waals surface area (Å²) in [6.07, 6.45) is 3.27. The molecule has 14 nitrogen and oxygen atoms in total. The highest BCUT2D eigenvalue weighted by Gasteiger charge is 2.60. The molecule has 2 aliphatic heterocycles. The summed E-state index contributed by atoms with van der Waals surface area (Å²) in [6.45, 7) is 0.302. The zero-order valence-corrected chi connectivity index (χ0v) is 22.8. The van der Waals surface area contributed by atoms with E-state index in [1.165, 1.54) is 0 Å². The number of carbonyl (C=O) groups excluding carboxylic acids is 4. The van der Waals surface area contributed by atoms with Gasteiger partial charge in [0.25, 0.3) is 23.6 Å². The van der Waals surface area contributed by atoms with Crippen LogP contribution in [0.5, 0.6) is 0 Å². The van der Waals surface area contributed by atoms with Crippen molar-refractivity contribution in [1.82, 2.24) is 31.2 Å². The van der Waals surface area contributed by atoms with Gasteiger partial charge in [0, 0.05) is 46.3 Å². The number of amides is 4. The van der Waals surface area contributed by atoms with E-state index >= 15 is 0 Å². The lowest BCUT2D eigenvalue weighted by atomic mass is 9.51. The normalized spacial score (nSPS) is 28.2. The molecule has 0 aromatic carbocycles. The molecule has 4 heterocycles. The Labute approximate surface area is 232 Å². The number of aromatic nitrogens is 2. The van der Waals surface area contributed by atoms with Crippen molar-refractivity contribution in [2.75, 3.05) is 13.1 Å². The summed E-state index contributed by atoms with van der Waals surface area (Å²) in [5, 5.41) is 10.8. The van der Waals surface area contributed by atoms with Crippen LogP contribution in [0, 0.1) is 23.7 Å². The Morgan fingerprint density at radius 1 is 0.789 bits per heavy atom. The molecule has 0 saturated heterocycles. The van der Waals surface area contributed by atoms with Gasteiger partial charge in [-0.3, -0.25) is 29.8 Å². The molecule has 0 bridgehead atoms. The van der Waals surface area contributed by atoms with Gasteiger partial charge < -0.3 is 32.1 Å². The van der Waals surface area contributed by atoms with Crippen molar-refractivity contribution in [3.8, 4) is 0 Å². The van der Waals surface area contributed by atoms with Gasteiger partial charge in [0.2, 0.25) is 0 Å². The lowest BCUT2D eigenvalue weighted by Crippen LogP contribution is -2.64. The summed E-state index contributed by atoms with van der Waals surface area (Å²) in [5.74, 6) is -3.30. The molecule has 1 fully saturated rings. The van der Waals surface area contributed by atoms with Crippen LogP contribution in [-0.2, 0) is 9.59 Å². The highest BCUT2D eigenvalue weighted by atomic mass is 79.9. The van der Waals surface area contributed by atoms with Gasteiger partial charge in [0.15, 0.2) is 11.9 Å². The Morgan fingerprint density at radius 2 is 1.18 bits per heavy atom. The summed E-state index contributed by atoms with van der Waals surface area (Å²) >= 11 is 6.61. The van der Waals surface area contributed by atoms with E-state index in [9.17, 15) is 19.2 Å². The van der Waals surface area contributed by atoms with Crippen molar-refractivity contribution in [1.29, 1.82) is 0 Å². The topological polar surface area (TPSA) is 225 Å². The van der Waals surface area contributed by atoms with Crippen LogP contribution in [0.3, 0.4) is 0 Å². The van der Waals surface area contributed by atoms with Crippen molar-refractivity contribution >= 4 is 67.4 Å². The number of nitrogens with zero attached hydrogens (tertiary/aromatic N) is 2. The maximum atomic E-state index is 12.8. The number of hydrogen-bond donors (Lipinski definition) is 8. The van der Waals surface area contributed by atoms with Crippen LogP contribution in [0.1, 0.15) is 21.0 Å². The lowest BCUT2D eigenvalue weighted by molar-refractivity contribution is -0.134. The van der Waals surface area contributed by atoms with Gasteiger partial charge in [-0.2, -0.15) is 0 Å². The molecule has 2 unspecified atom stereocenters. The predicted octanol–water partition coefficient (Wildman–Crippen LogP) is -0.868. The van der Waals surface area contributed by atoms with E-state index < -0.39 is 35.7 Å². The zero-order chi connectivity index (χ0) is 27.1. The molecule has 1 saturated carbocycles. The molecule has 4 amide bonds. The van der Waals surface area contributed by atoms with Gasteiger partial charge >= 0.3 is 0 Å². The predicted molar refractivity (Wildman–Crippen MR) is 143 cm³/mol. The zero-order valence-electron chi connectivity index (χ0n) is 19.6. The van der Waals surface area contributed by atoms with E-state index in [-0.39, 0.29) is 48.7 Å². The van der Waals surface area contributed by atoms with Crippen molar-refractivity contribution in [2.24, 2.45) is 45.1 Å². The molecule has 0 radical (unpaired) electrons. The van der Waals surface area contributed by atoms with Crippen molar-refractivity contribution in [2.45, 2.75) is 12.1 Å². The Kier molecular flexibility index (Phi) is 7.00. The van der Waals surface area contributed by atoms with Crippen molar-refractivity contribution in [3.63, 3.8) is 0 Å². The second-order valence-corrected chi connectivity index (χ2v) is 11.1. The average molecular weight is 652 g/mol. The largest absolute Gasteiger partial charge is 0.370 e. The Morgan fingerprint density at radius 3 is 1.47 bits per heavy atom. The van der Waals surface area contributed by atoms with Crippen LogP contribution in [0.4, 0.5) is 0 Å². The van der Waals surface area contributed by atoms with Gasteiger partial charge in [-0.1, -0.05) is 0 Å². The van der Waals surface area contributed by atoms with Crippen molar-refractivity contribution < 1.29 is 19.2 Å². The van der Waals surface area contributed by atoms with E-state index in [2.05, 4.69) is 73.1 Å². The quantitative estimate of drug-likeness (QED) is 0.181. The second kappa shape index (κ2) is 10.2. The maximum absolute atomic E-state index is 12.8. The smallest absolute Gasteiger partial charge is 0.267 e. The van der Waals surface area contributed by atoms with Gasteiger partial charge in [0.05, 0.1) is 0 Å². The molecule has 1 aliphatic carbocycles. The van der Waals surface area contributed by atoms with E-state index in [0.29, 0.717) is 11.4 Å². The molecular weight excluding hydrogens is 628 g/mol. The number of aliphatic imine (C=N–C) groups is 2. The van der Waals surface area contributed by atoms with Crippen LogP contribution in [0.15, 0.2) is 43.5 Å². The van der Waals surface area contributed by atoms with Crippen LogP contribution in [0.25, 0.3) is 0 Å². The number of carbonyl (C=O) groups is 4. The number of H-pyrrole nitrogens is 2. The van der Waals surface area contributed by atoms with Crippen LogP contribution >= 0.6 is 31.9 Å². The number of hydrogen-bond acceptors (Lipinski definition) is 8. The van der Waals surface area contributed by atoms with Gasteiger partial charge in [-0.05, 0) is 55.8 Å². The summed E-state index contributed by atoms with van der Waals surface area (Å²) in [4.78, 5) is 65.3. The highest BCUT2D eigenvalue weighted by Crippen LogP contribution is 2.51. The molecule has 3 aliphatic rings. The summed E-state index contributed by atoms with van der Waals surface area (Å²) in [6, 6.07) is 1.49. The third-order valence-electron chi connectivity index (χ3n) is 7.09. The first-order valence-electron chi connectivity index (χ1n) is 11.6. The van der Waals surface area contributed by atoms with Crippen LogP contribution in [-0.4, -0.2) is 70.7 Å². The molecule has 38 heavy (non-hydrogen) atoms. The molecular formula is C22H24Br2N10O4. The number of aromatic amines is 2. The monoisotopic (exact) mass is 650 g/mol. The Balaban J connectivity index is 1.42. The lowest BCUT2D eigenvalue weighted by Gasteiger charge is -2.54. The first-order valence-corrected chi connectivity index (χ1v) is 13.2. The first-order chi connectivity index (χ1) is 18.1. The maximum Gasteiger partial charge on any atom is 0.267 e. The second-order valence-electron chi connectivity index (χ2n) is 9.26. The van der Waals surface area contributed by atoms with E-state index in [4.69, 9.17) is 11.5 Å². The number of nitrogens with one attached hydrogen (secondary N) is 6. The fourth-order valence-corrected chi connectivity index (χ4v) is 6.16. The molecule has 5 rings (SSSR count). The SMILES string of the molecule is NC1=NC([C@@H]2[C@@H](CNC(=O)c3cc(Br)c[nH]3)[C@H](CNC(=O)c3cc(Br)c[nH]3)[C@H]2C2N=C(N)NC2=O)C(=O)N1. The number of rotatable bonds is 8. The van der Waals surface area contributed by atoms with Gasteiger partial charge in [-0.25, -0.2) is 9.98 Å². The Bertz CT molecular complexity index is 1270. The van der Waals surface area contributed by atoms with Crippen LogP contribution < -0.4 is 32.7 Å². The van der Waals surface area contributed by atoms with Crippen molar-refractivity contribution in [3.05, 3.63) is 44.9 Å². The third-order valence-corrected chi connectivity index (χ3v) is 8.01. The minimum Gasteiger partial charge on any atom is -0.370 e. The number of guanidine groups is 2. The molecule has 16 heteroatoms. The minimum absolute atomic E-state index is 0.0225. The molecule has 6 atom stereocenters. The van der Waals surface area contributed by atoms with E-state index in [1.54, 1.807) is 24.5 Å². The molecule has 200 valence electrons. The van der Waals surface area contributed by atoms with E-state index in [1.807, 2.05) is 0 Å².